The quantitative estimate of drug-likeness (QED) is 0.135. The van der Waals surface area contributed by atoms with Gasteiger partial charge in [0.15, 0.2) is 0 Å². The minimum atomic E-state index is 0.371. The van der Waals surface area contributed by atoms with Crippen molar-refractivity contribution >= 4 is 11.6 Å². The van der Waals surface area contributed by atoms with E-state index in [1.165, 1.54) is 33.4 Å². The standard InChI is InChI=1S/C24H30O2.C18H22O2.C3H5Cl/c1-9-11-25-23-15(3)13-21(17(5)19(23)7)22-14-16(4)24(26-12-10-2)20(8)18(22)6;1-9-7-15(11(3)13(5)17(9)19)16-8-10(2)18(20)14(6)12(16)4;1-2-3-4/h9-10,13-14H,1-2,11-12H2,3-8H3;7-8,19-20H,1-6H3;2H,1,3H2. The van der Waals surface area contributed by atoms with Crippen molar-refractivity contribution in [3.63, 3.8) is 0 Å². The third-order valence-corrected chi connectivity index (χ3v) is 9.76. The number of rotatable bonds is 9. The highest BCUT2D eigenvalue weighted by Crippen LogP contribution is 2.41. The lowest BCUT2D eigenvalue weighted by atomic mass is 9.88. The van der Waals surface area contributed by atoms with Gasteiger partial charge in [0.05, 0.1) is 0 Å². The summed E-state index contributed by atoms with van der Waals surface area (Å²) in [6.45, 7) is 36.4. The first-order valence-corrected chi connectivity index (χ1v) is 17.5. The molecule has 0 heterocycles. The molecule has 0 atom stereocenters. The van der Waals surface area contributed by atoms with Crippen LogP contribution in [0.15, 0.2) is 62.2 Å². The zero-order valence-corrected chi connectivity index (χ0v) is 33.1. The molecule has 4 aromatic carbocycles. The molecular formula is C45H57ClO4. The van der Waals surface area contributed by atoms with E-state index in [-0.39, 0.29) is 0 Å². The average molecular weight is 697 g/mol. The van der Waals surface area contributed by atoms with Crippen LogP contribution in [-0.2, 0) is 0 Å². The van der Waals surface area contributed by atoms with E-state index >= 15 is 0 Å². The lowest BCUT2D eigenvalue weighted by Crippen LogP contribution is -2.03. The molecule has 268 valence electrons. The molecule has 0 amide bonds. The molecule has 0 saturated carbocycles. The fourth-order valence-corrected chi connectivity index (χ4v) is 6.10. The predicted octanol–water partition coefficient (Wildman–Crippen LogP) is 12.4. The minimum Gasteiger partial charge on any atom is -0.507 e. The van der Waals surface area contributed by atoms with Crippen molar-refractivity contribution in [2.24, 2.45) is 0 Å². The summed E-state index contributed by atoms with van der Waals surface area (Å²) in [6, 6.07) is 8.50. The van der Waals surface area contributed by atoms with Crippen molar-refractivity contribution in [2.75, 3.05) is 19.1 Å². The molecule has 0 fully saturated rings. The summed E-state index contributed by atoms with van der Waals surface area (Å²) < 4.78 is 11.8. The topological polar surface area (TPSA) is 58.9 Å². The summed E-state index contributed by atoms with van der Waals surface area (Å²) in [4.78, 5) is 0. The number of phenolic OH excluding ortho intramolecular Hbond substituents is 2. The highest BCUT2D eigenvalue weighted by molar-refractivity contribution is 6.18. The Morgan fingerprint density at radius 2 is 0.720 bits per heavy atom. The monoisotopic (exact) mass is 696 g/mol. The molecule has 0 aliphatic heterocycles. The zero-order valence-electron chi connectivity index (χ0n) is 32.4. The first kappa shape index (κ1) is 41.8. The number of alkyl halides is 1. The molecule has 0 aliphatic carbocycles. The smallest absolute Gasteiger partial charge is 0.125 e. The number of aryl methyl sites for hydroxylation is 4. The normalized spacial score (nSPS) is 10.3. The maximum atomic E-state index is 10.0. The Bertz CT molecular complexity index is 1750. The Morgan fingerprint density at radius 3 is 0.980 bits per heavy atom. The van der Waals surface area contributed by atoms with E-state index in [4.69, 9.17) is 21.1 Å². The van der Waals surface area contributed by atoms with Gasteiger partial charge in [-0.15, -0.1) is 18.2 Å². The first-order chi connectivity index (χ1) is 23.5. The van der Waals surface area contributed by atoms with Gasteiger partial charge in [-0.05, 0) is 196 Å². The Labute approximate surface area is 306 Å². The van der Waals surface area contributed by atoms with Crippen LogP contribution < -0.4 is 9.47 Å². The predicted molar refractivity (Wildman–Crippen MR) is 216 cm³/mol. The van der Waals surface area contributed by atoms with Crippen molar-refractivity contribution in [1.29, 1.82) is 0 Å². The van der Waals surface area contributed by atoms with Crippen molar-refractivity contribution in [3.8, 4) is 45.3 Å². The number of hydrogen-bond donors (Lipinski definition) is 2. The molecule has 0 spiro atoms. The number of allylic oxidation sites excluding steroid dienone is 1. The molecule has 0 aromatic heterocycles. The van der Waals surface area contributed by atoms with Crippen LogP contribution in [0.3, 0.4) is 0 Å². The summed E-state index contributed by atoms with van der Waals surface area (Å²) in [5, 5.41) is 20.1. The largest absolute Gasteiger partial charge is 0.507 e. The van der Waals surface area contributed by atoms with Crippen molar-refractivity contribution in [3.05, 3.63) is 129 Å². The van der Waals surface area contributed by atoms with Crippen LogP contribution in [0, 0.1) is 83.1 Å². The van der Waals surface area contributed by atoms with Gasteiger partial charge in [0.2, 0.25) is 0 Å². The van der Waals surface area contributed by atoms with Gasteiger partial charge in [0.25, 0.3) is 0 Å². The second-order valence-corrected chi connectivity index (χ2v) is 13.3. The number of phenols is 2. The van der Waals surface area contributed by atoms with Gasteiger partial charge in [-0.25, -0.2) is 0 Å². The highest BCUT2D eigenvalue weighted by Gasteiger charge is 2.18. The second-order valence-electron chi connectivity index (χ2n) is 13.0. The molecule has 4 aromatic rings. The maximum absolute atomic E-state index is 10.0. The maximum Gasteiger partial charge on any atom is 0.125 e. The van der Waals surface area contributed by atoms with Crippen LogP contribution in [0.1, 0.15) is 66.8 Å². The van der Waals surface area contributed by atoms with Crippen LogP contribution >= 0.6 is 11.6 Å². The van der Waals surface area contributed by atoms with Crippen LogP contribution in [0.4, 0.5) is 0 Å². The third-order valence-electron chi connectivity index (χ3n) is 9.54. The molecule has 50 heavy (non-hydrogen) atoms. The first-order valence-electron chi connectivity index (χ1n) is 17.0. The summed E-state index contributed by atoms with van der Waals surface area (Å²) >= 11 is 5.07. The highest BCUT2D eigenvalue weighted by atomic mass is 35.5. The van der Waals surface area contributed by atoms with Crippen LogP contribution in [0.5, 0.6) is 23.0 Å². The Balaban J connectivity index is 0.000000321. The van der Waals surface area contributed by atoms with Gasteiger partial charge in [0.1, 0.15) is 36.2 Å². The molecule has 0 aliphatic rings. The fraction of sp³-hybridized carbons (Fsp3) is 0.333. The Kier molecular flexibility index (Phi) is 15.5. The third kappa shape index (κ3) is 9.22. The van der Waals surface area contributed by atoms with Gasteiger partial charge < -0.3 is 19.7 Å². The minimum absolute atomic E-state index is 0.371. The van der Waals surface area contributed by atoms with E-state index < -0.39 is 0 Å². The van der Waals surface area contributed by atoms with Gasteiger partial charge in [-0.3, -0.25) is 0 Å². The lowest BCUT2D eigenvalue weighted by molar-refractivity contribution is 0.357. The Morgan fingerprint density at radius 1 is 0.460 bits per heavy atom. The molecule has 5 heteroatoms. The summed E-state index contributed by atoms with van der Waals surface area (Å²) in [5.74, 6) is 3.22. The number of hydrogen-bond acceptors (Lipinski definition) is 4. The summed E-state index contributed by atoms with van der Waals surface area (Å²) in [5.41, 5.74) is 17.7. The molecule has 0 unspecified atom stereocenters. The van der Waals surface area contributed by atoms with E-state index in [0.29, 0.717) is 30.6 Å². The number of halogens is 1. The lowest BCUT2D eigenvalue weighted by Gasteiger charge is -2.21. The van der Waals surface area contributed by atoms with Crippen LogP contribution in [-0.4, -0.2) is 29.3 Å². The molecule has 4 nitrogen and oxygen atoms in total. The molecule has 0 saturated heterocycles. The average Bonchev–Trinajstić information content (AvgIpc) is 3.09. The molecule has 0 radical (unpaired) electrons. The fourth-order valence-electron chi connectivity index (χ4n) is 6.10. The van der Waals surface area contributed by atoms with E-state index in [9.17, 15) is 10.2 Å². The van der Waals surface area contributed by atoms with E-state index in [1.54, 1.807) is 18.2 Å². The van der Waals surface area contributed by atoms with Gasteiger partial charge in [0, 0.05) is 5.88 Å². The van der Waals surface area contributed by atoms with Gasteiger partial charge in [-0.2, -0.15) is 0 Å². The SMILES string of the molecule is C=CCCl.C=CCOc1c(C)cc(-c2cc(C)c(OCC=C)c(C)c2C)c(C)c1C.Cc1cc(-c2cc(C)c(O)c(C)c2C)c(C)c(C)c1O. The van der Waals surface area contributed by atoms with Crippen LogP contribution in [0.2, 0.25) is 0 Å². The second kappa shape index (κ2) is 18.5. The number of ether oxygens (including phenoxy) is 2. The number of aromatic hydroxyl groups is 2. The van der Waals surface area contributed by atoms with Crippen molar-refractivity contribution in [2.45, 2.75) is 83.1 Å². The van der Waals surface area contributed by atoms with Gasteiger partial charge >= 0.3 is 0 Å². The molecule has 2 N–H and O–H groups in total. The Hall–Kier alpha value is -4.41. The van der Waals surface area contributed by atoms with Crippen LogP contribution in [0.25, 0.3) is 22.3 Å². The summed E-state index contributed by atoms with van der Waals surface area (Å²) in [6.07, 6.45) is 5.20. The van der Waals surface area contributed by atoms with Crippen molar-refractivity contribution in [1.82, 2.24) is 0 Å². The van der Waals surface area contributed by atoms with E-state index in [0.717, 1.165) is 67.1 Å². The van der Waals surface area contributed by atoms with E-state index in [1.807, 2.05) is 53.7 Å². The van der Waals surface area contributed by atoms with E-state index in [2.05, 4.69) is 73.4 Å². The van der Waals surface area contributed by atoms with Crippen molar-refractivity contribution < 1.29 is 19.7 Å². The van der Waals surface area contributed by atoms with Gasteiger partial charge in [-0.1, -0.05) is 31.4 Å². The molecule has 0 bridgehead atoms. The summed E-state index contributed by atoms with van der Waals surface area (Å²) in [7, 11) is 0. The number of benzene rings is 4. The zero-order chi connectivity index (χ0) is 38.0. The molecular weight excluding hydrogens is 640 g/mol. The molecule has 4 rings (SSSR count).